The Kier molecular flexibility index (Phi) is 4.78. The summed E-state index contributed by atoms with van der Waals surface area (Å²) in [5.41, 5.74) is 3.44. The summed E-state index contributed by atoms with van der Waals surface area (Å²) in [5.74, 6) is 0.0527. The molecule has 0 aliphatic heterocycles. The minimum absolute atomic E-state index is 0.0527. The van der Waals surface area contributed by atoms with E-state index < -0.39 is 0 Å². The summed E-state index contributed by atoms with van der Waals surface area (Å²) in [6.45, 7) is 8.58. The van der Waals surface area contributed by atoms with Crippen LogP contribution in [0.1, 0.15) is 47.6 Å². The number of amides is 1. The van der Waals surface area contributed by atoms with E-state index in [2.05, 4.69) is 36.2 Å². The Bertz CT molecular complexity index is 584. The second kappa shape index (κ2) is 6.57. The molecule has 1 heterocycles. The smallest absolute Gasteiger partial charge is 0.258 e. The third kappa shape index (κ3) is 3.32. The highest BCUT2D eigenvalue weighted by Gasteiger charge is 2.25. The lowest BCUT2D eigenvalue weighted by Gasteiger charge is -2.29. The Balaban J connectivity index is 2.30. The lowest BCUT2D eigenvalue weighted by Crippen LogP contribution is -2.38. The van der Waals surface area contributed by atoms with Crippen molar-refractivity contribution in [3.8, 4) is 0 Å². The fourth-order valence-electron chi connectivity index (χ4n) is 2.44. The number of nitrogens with zero attached hydrogens (tertiary/aromatic N) is 2. The zero-order valence-electron chi connectivity index (χ0n) is 13.2. The zero-order chi connectivity index (χ0) is 15.4. The molecule has 4 heteroatoms. The SMILES string of the molecule is CCC(C)N(Cc1ccccc1)C(=O)c1c(C)n[nH]c1C. The maximum absolute atomic E-state index is 12.9. The third-order valence-electron chi connectivity index (χ3n) is 3.92. The number of rotatable bonds is 5. The molecule has 21 heavy (non-hydrogen) atoms. The molecule has 1 unspecified atom stereocenters. The van der Waals surface area contributed by atoms with E-state index >= 15 is 0 Å². The van der Waals surface area contributed by atoms with E-state index in [1.165, 1.54) is 0 Å². The topological polar surface area (TPSA) is 49.0 Å². The van der Waals surface area contributed by atoms with Crippen molar-refractivity contribution in [1.82, 2.24) is 15.1 Å². The molecule has 1 aromatic heterocycles. The first-order valence-electron chi connectivity index (χ1n) is 7.41. The first-order chi connectivity index (χ1) is 10.0. The van der Waals surface area contributed by atoms with E-state index in [1.807, 2.05) is 36.9 Å². The molecular formula is C17H23N3O. The molecule has 0 fully saturated rings. The van der Waals surface area contributed by atoms with Crippen LogP contribution >= 0.6 is 0 Å². The normalized spacial score (nSPS) is 12.2. The van der Waals surface area contributed by atoms with Gasteiger partial charge in [0.25, 0.3) is 5.91 Å². The molecule has 2 aromatic rings. The summed E-state index contributed by atoms with van der Waals surface area (Å²) in [6.07, 6.45) is 0.925. The minimum atomic E-state index is 0.0527. The number of aromatic amines is 1. The molecule has 112 valence electrons. The molecule has 0 saturated carbocycles. The molecule has 0 saturated heterocycles. The van der Waals surface area contributed by atoms with Gasteiger partial charge >= 0.3 is 0 Å². The van der Waals surface area contributed by atoms with Gasteiger partial charge in [-0.25, -0.2) is 0 Å². The highest BCUT2D eigenvalue weighted by Crippen LogP contribution is 2.18. The number of hydrogen-bond acceptors (Lipinski definition) is 2. The van der Waals surface area contributed by atoms with Gasteiger partial charge in [0, 0.05) is 18.3 Å². The van der Waals surface area contributed by atoms with Crippen molar-refractivity contribution < 1.29 is 4.79 Å². The number of H-pyrrole nitrogens is 1. The fraction of sp³-hybridized carbons (Fsp3) is 0.412. The number of aromatic nitrogens is 2. The van der Waals surface area contributed by atoms with E-state index in [9.17, 15) is 4.79 Å². The van der Waals surface area contributed by atoms with E-state index in [0.717, 1.165) is 23.4 Å². The Hall–Kier alpha value is -2.10. The number of nitrogens with one attached hydrogen (secondary N) is 1. The Labute approximate surface area is 126 Å². The monoisotopic (exact) mass is 285 g/mol. The van der Waals surface area contributed by atoms with Gasteiger partial charge in [-0.3, -0.25) is 9.89 Å². The molecule has 1 N–H and O–H groups in total. The van der Waals surface area contributed by atoms with Crippen LogP contribution < -0.4 is 0 Å². The molecule has 4 nitrogen and oxygen atoms in total. The first-order valence-corrected chi connectivity index (χ1v) is 7.41. The van der Waals surface area contributed by atoms with Crippen LogP contribution in [0, 0.1) is 13.8 Å². The van der Waals surface area contributed by atoms with Gasteiger partial charge in [0.2, 0.25) is 0 Å². The van der Waals surface area contributed by atoms with E-state index in [1.54, 1.807) is 0 Å². The van der Waals surface area contributed by atoms with Crippen LogP contribution in [0.5, 0.6) is 0 Å². The Morgan fingerprint density at radius 1 is 1.29 bits per heavy atom. The Morgan fingerprint density at radius 2 is 1.95 bits per heavy atom. The van der Waals surface area contributed by atoms with E-state index in [4.69, 9.17) is 0 Å². The quantitative estimate of drug-likeness (QED) is 0.914. The second-order valence-electron chi connectivity index (χ2n) is 5.48. The molecule has 2 rings (SSSR count). The van der Waals surface area contributed by atoms with Crippen molar-refractivity contribution in [3.05, 3.63) is 52.8 Å². The van der Waals surface area contributed by atoms with Gasteiger partial charge in [0.1, 0.15) is 0 Å². The maximum atomic E-state index is 12.9. The van der Waals surface area contributed by atoms with E-state index in [0.29, 0.717) is 12.1 Å². The summed E-state index contributed by atoms with van der Waals surface area (Å²) in [6, 6.07) is 10.3. The van der Waals surface area contributed by atoms with Crippen LogP contribution in [0.3, 0.4) is 0 Å². The summed E-state index contributed by atoms with van der Waals surface area (Å²) >= 11 is 0. The van der Waals surface area contributed by atoms with Gasteiger partial charge in [-0.2, -0.15) is 5.10 Å². The van der Waals surface area contributed by atoms with Crippen molar-refractivity contribution in [2.45, 2.75) is 46.7 Å². The van der Waals surface area contributed by atoms with Gasteiger partial charge in [-0.05, 0) is 32.8 Å². The standard InChI is InChI=1S/C17H23N3O/c1-5-12(2)20(11-15-9-7-6-8-10-15)17(21)16-13(3)18-19-14(16)4/h6-10,12H,5,11H2,1-4H3,(H,18,19). The van der Waals surface area contributed by atoms with Crippen LogP contribution in [0.15, 0.2) is 30.3 Å². The highest BCUT2D eigenvalue weighted by atomic mass is 16.2. The Morgan fingerprint density at radius 3 is 2.48 bits per heavy atom. The van der Waals surface area contributed by atoms with E-state index in [-0.39, 0.29) is 11.9 Å². The summed E-state index contributed by atoms with van der Waals surface area (Å²) < 4.78 is 0. The van der Waals surface area contributed by atoms with Crippen LogP contribution in [-0.2, 0) is 6.54 Å². The number of carbonyl (C=O) groups excluding carboxylic acids is 1. The number of benzene rings is 1. The molecule has 0 bridgehead atoms. The molecule has 0 aliphatic rings. The molecular weight excluding hydrogens is 262 g/mol. The van der Waals surface area contributed by atoms with Crippen LogP contribution in [0.2, 0.25) is 0 Å². The summed E-state index contributed by atoms with van der Waals surface area (Å²) in [4.78, 5) is 14.8. The molecule has 0 spiro atoms. The molecule has 1 aromatic carbocycles. The fourth-order valence-corrected chi connectivity index (χ4v) is 2.44. The zero-order valence-corrected chi connectivity index (χ0v) is 13.2. The van der Waals surface area contributed by atoms with Crippen LogP contribution in [0.25, 0.3) is 0 Å². The summed E-state index contributed by atoms with van der Waals surface area (Å²) in [5, 5.41) is 7.04. The minimum Gasteiger partial charge on any atom is -0.332 e. The van der Waals surface area contributed by atoms with Crippen LogP contribution in [0.4, 0.5) is 0 Å². The van der Waals surface area contributed by atoms with Gasteiger partial charge in [-0.15, -0.1) is 0 Å². The lowest BCUT2D eigenvalue weighted by atomic mass is 10.1. The van der Waals surface area contributed by atoms with Gasteiger partial charge in [0.15, 0.2) is 0 Å². The molecule has 0 radical (unpaired) electrons. The first kappa shape index (κ1) is 15.3. The van der Waals surface area contributed by atoms with Crippen molar-refractivity contribution in [2.24, 2.45) is 0 Å². The maximum Gasteiger partial charge on any atom is 0.258 e. The average molecular weight is 285 g/mol. The van der Waals surface area contributed by atoms with Crippen molar-refractivity contribution in [3.63, 3.8) is 0 Å². The highest BCUT2D eigenvalue weighted by molar-refractivity contribution is 5.96. The predicted molar refractivity (Wildman–Crippen MR) is 84.1 cm³/mol. The lowest BCUT2D eigenvalue weighted by molar-refractivity contribution is 0.0670. The molecule has 1 amide bonds. The van der Waals surface area contributed by atoms with Crippen molar-refractivity contribution in [1.29, 1.82) is 0 Å². The number of aryl methyl sites for hydroxylation is 2. The van der Waals surface area contributed by atoms with Gasteiger partial charge < -0.3 is 4.90 Å². The predicted octanol–water partition coefficient (Wildman–Crippen LogP) is 3.47. The van der Waals surface area contributed by atoms with Gasteiger partial charge in [-0.1, -0.05) is 37.3 Å². The van der Waals surface area contributed by atoms with Crippen LogP contribution in [-0.4, -0.2) is 27.0 Å². The van der Waals surface area contributed by atoms with Gasteiger partial charge in [0.05, 0.1) is 11.3 Å². The molecule has 1 atom stereocenters. The number of carbonyl (C=O) groups is 1. The average Bonchev–Trinajstić information content (AvgIpc) is 2.83. The number of hydrogen-bond donors (Lipinski definition) is 1. The third-order valence-corrected chi connectivity index (χ3v) is 3.92. The largest absolute Gasteiger partial charge is 0.332 e. The second-order valence-corrected chi connectivity index (χ2v) is 5.48. The molecule has 0 aliphatic carbocycles. The van der Waals surface area contributed by atoms with Crippen molar-refractivity contribution in [2.75, 3.05) is 0 Å². The van der Waals surface area contributed by atoms with Crippen molar-refractivity contribution >= 4 is 5.91 Å². The summed E-state index contributed by atoms with van der Waals surface area (Å²) in [7, 11) is 0.